The van der Waals surface area contributed by atoms with Gasteiger partial charge in [0.05, 0.1) is 11.2 Å². The van der Waals surface area contributed by atoms with Crippen LogP contribution >= 0.6 is 0 Å². The molecular formula is C37H40F4N4O4. The average molecular weight is 681 g/mol. The summed E-state index contributed by atoms with van der Waals surface area (Å²) in [6.07, 6.45) is -0.662. The van der Waals surface area contributed by atoms with Crippen LogP contribution in [0.5, 0.6) is 5.75 Å². The lowest BCUT2D eigenvalue weighted by molar-refractivity contribution is -0.148. The summed E-state index contributed by atoms with van der Waals surface area (Å²) in [7, 11) is 1.50. The van der Waals surface area contributed by atoms with Gasteiger partial charge >= 0.3 is 12.3 Å². The number of oxime groups is 1. The molecule has 1 aromatic heterocycles. The Hall–Kier alpha value is -4.97. The summed E-state index contributed by atoms with van der Waals surface area (Å²) >= 11 is 0. The smallest absolute Gasteiger partial charge is 0.340 e. The SMILES string of the molecule is CCC(CCCN)Cn1c2ccc(/C(C)=N\OC)cc2c2cc(C(=O)c3ccc(OCC(F)(F)C(F)F)cc3)c3ccccc3c21.NC=O. The van der Waals surface area contributed by atoms with Crippen molar-refractivity contribution in [3.05, 3.63) is 89.5 Å². The number of rotatable bonds is 14. The van der Waals surface area contributed by atoms with Gasteiger partial charge in [0.25, 0.3) is 0 Å². The number of benzene rings is 4. The monoisotopic (exact) mass is 680 g/mol. The van der Waals surface area contributed by atoms with Gasteiger partial charge in [0, 0.05) is 39.3 Å². The van der Waals surface area contributed by atoms with Gasteiger partial charge in [-0.05, 0) is 85.6 Å². The largest absolute Gasteiger partial charge is 0.487 e. The molecular weight excluding hydrogens is 640 g/mol. The van der Waals surface area contributed by atoms with Crippen molar-refractivity contribution in [1.82, 2.24) is 4.57 Å². The third-order valence-corrected chi connectivity index (χ3v) is 8.46. The topological polar surface area (TPSA) is 122 Å². The van der Waals surface area contributed by atoms with Crippen molar-refractivity contribution >= 4 is 50.5 Å². The Morgan fingerprint density at radius 2 is 1.63 bits per heavy atom. The lowest BCUT2D eigenvalue weighted by Crippen LogP contribution is -2.33. The van der Waals surface area contributed by atoms with Crippen LogP contribution in [0.1, 0.15) is 54.6 Å². The number of carbonyl (C=O) groups is 2. The number of hydrogen-bond acceptors (Lipinski definition) is 6. The van der Waals surface area contributed by atoms with Crippen molar-refractivity contribution in [1.29, 1.82) is 0 Å². The molecule has 1 heterocycles. The van der Waals surface area contributed by atoms with Gasteiger partial charge in [-0.1, -0.05) is 48.8 Å². The summed E-state index contributed by atoms with van der Waals surface area (Å²) in [5.74, 6) is -4.19. The van der Waals surface area contributed by atoms with Crippen LogP contribution in [0, 0.1) is 5.92 Å². The third-order valence-electron chi connectivity index (χ3n) is 8.46. The highest BCUT2D eigenvalue weighted by atomic mass is 19.3. The molecule has 8 nitrogen and oxygen atoms in total. The fraction of sp³-hybridized carbons (Fsp3) is 0.324. The number of amides is 1. The summed E-state index contributed by atoms with van der Waals surface area (Å²) < 4.78 is 59.0. The summed E-state index contributed by atoms with van der Waals surface area (Å²) in [4.78, 5) is 27.7. The summed E-state index contributed by atoms with van der Waals surface area (Å²) in [5, 5.41) is 7.69. The fourth-order valence-electron chi connectivity index (χ4n) is 5.95. The lowest BCUT2D eigenvalue weighted by atomic mass is 9.94. The third kappa shape index (κ3) is 8.19. The number of alkyl halides is 4. The molecule has 0 bridgehead atoms. The zero-order chi connectivity index (χ0) is 35.7. The van der Waals surface area contributed by atoms with Gasteiger partial charge < -0.3 is 25.6 Å². The van der Waals surface area contributed by atoms with E-state index in [0.29, 0.717) is 29.3 Å². The van der Waals surface area contributed by atoms with Gasteiger partial charge in [-0.2, -0.15) is 8.78 Å². The van der Waals surface area contributed by atoms with Gasteiger partial charge in [0.15, 0.2) is 12.4 Å². The van der Waals surface area contributed by atoms with Gasteiger partial charge in [0.1, 0.15) is 12.9 Å². The van der Waals surface area contributed by atoms with Crippen LogP contribution in [0.25, 0.3) is 32.6 Å². The van der Waals surface area contributed by atoms with E-state index < -0.39 is 19.0 Å². The molecule has 1 amide bonds. The number of ether oxygens (including phenoxy) is 1. The standard InChI is InChI=1S/C36H37F4N3O3.CH3NO/c1-4-23(8-7-17-41)20-43-32-16-13-25(22(2)42-45-3)18-29(32)30-19-31(27-9-5-6-10-28(27)33(30)43)34(44)24-11-14-26(15-12-24)46-21-36(39,40)35(37)38;2-1-3/h5-6,9-16,18-19,23,35H,4,7-8,17,20-21,41H2,1-3H3;1H,(H2,2,3)/b42-22-;. The molecule has 4 N–H and O–H groups in total. The van der Waals surface area contributed by atoms with Crippen molar-refractivity contribution in [3.8, 4) is 5.75 Å². The molecule has 0 spiro atoms. The minimum absolute atomic E-state index is 0.0407. The van der Waals surface area contributed by atoms with Crippen LogP contribution in [0.3, 0.4) is 0 Å². The maximum absolute atomic E-state index is 14.1. The van der Waals surface area contributed by atoms with Crippen molar-refractivity contribution in [3.63, 3.8) is 0 Å². The van der Waals surface area contributed by atoms with Crippen molar-refractivity contribution in [2.75, 3.05) is 20.3 Å². The Labute approximate surface area is 281 Å². The van der Waals surface area contributed by atoms with Crippen LogP contribution in [0.2, 0.25) is 0 Å². The van der Waals surface area contributed by atoms with Crippen molar-refractivity contribution in [2.24, 2.45) is 22.5 Å². The van der Waals surface area contributed by atoms with Crippen LogP contribution in [-0.2, 0) is 16.2 Å². The van der Waals surface area contributed by atoms with E-state index in [1.54, 1.807) is 0 Å². The Balaban J connectivity index is 0.00000174. The van der Waals surface area contributed by atoms with Gasteiger partial charge in [-0.25, -0.2) is 8.78 Å². The highest BCUT2D eigenvalue weighted by Gasteiger charge is 2.41. The number of nitrogens with zero attached hydrogens (tertiary/aromatic N) is 2. The molecule has 0 aliphatic carbocycles. The van der Waals surface area contributed by atoms with Gasteiger partial charge in [-0.15, -0.1) is 0 Å². The highest BCUT2D eigenvalue weighted by molar-refractivity contribution is 6.26. The molecule has 49 heavy (non-hydrogen) atoms. The molecule has 0 aliphatic rings. The fourth-order valence-corrected chi connectivity index (χ4v) is 5.95. The molecule has 0 radical (unpaired) electrons. The van der Waals surface area contributed by atoms with Crippen molar-refractivity contribution in [2.45, 2.75) is 52.0 Å². The predicted octanol–water partition coefficient (Wildman–Crippen LogP) is 7.69. The average Bonchev–Trinajstić information content (AvgIpc) is 3.41. The zero-order valence-electron chi connectivity index (χ0n) is 27.6. The summed E-state index contributed by atoms with van der Waals surface area (Å²) in [5.41, 5.74) is 14.5. The first-order valence-electron chi connectivity index (χ1n) is 15.9. The molecule has 0 aliphatic heterocycles. The Morgan fingerprint density at radius 1 is 0.980 bits per heavy atom. The van der Waals surface area contributed by atoms with E-state index in [1.807, 2.05) is 43.3 Å². The first kappa shape index (κ1) is 36.9. The first-order chi connectivity index (χ1) is 23.5. The van der Waals surface area contributed by atoms with Crippen molar-refractivity contribution < 1.29 is 36.7 Å². The molecule has 12 heteroatoms. The molecule has 1 atom stereocenters. The summed E-state index contributed by atoms with van der Waals surface area (Å²) in [6.45, 7) is 4.01. The van der Waals surface area contributed by atoms with Crippen LogP contribution in [0.15, 0.2) is 78.0 Å². The lowest BCUT2D eigenvalue weighted by Gasteiger charge is -2.18. The Morgan fingerprint density at radius 3 is 2.24 bits per heavy atom. The Kier molecular flexibility index (Phi) is 12.4. The molecule has 0 saturated carbocycles. The molecule has 4 aromatic carbocycles. The van der Waals surface area contributed by atoms with Crippen LogP contribution in [-0.4, -0.2) is 55.1 Å². The molecule has 0 fully saturated rings. The quantitative estimate of drug-likeness (QED) is 0.0410. The Bertz CT molecular complexity index is 1940. The number of fused-ring (bicyclic) bond motifs is 5. The summed E-state index contributed by atoms with van der Waals surface area (Å²) in [6, 6.07) is 21.4. The number of hydrogen-bond donors (Lipinski definition) is 2. The van der Waals surface area contributed by atoms with E-state index in [9.17, 15) is 22.4 Å². The number of carbonyl (C=O) groups excluding carboxylic acids is 2. The minimum Gasteiger partial charge on any atom is -0.487 e. The highest BCUT2D eigenvalue weighted by Crippen LogP contribution is 2.38. The van der Waals surface area contributed by atoms with E-state index in [1.165, 1.54) is 31.4 Å². The van der Waals surface area contributed by atoms with E-state index in [0.717, 1.165) is 63.9 Å². The van der Waals surface area contributed by atoms with Gasteiger partial charge in [-0.3, -0.25) is 9.59 Å². The second-order valence-electron chi connectivity index (χ2n) is 11.6. The predicted molar refractivity (Wildman–Crippen MR) is 185 cm³/mol. The van der Waals surface area contributed by atoms with E-state index in [4.69, 9.17) is 20.1 Å². The van der Waals surface area contributed by atoms with E-state index in [-0.39, 0.29) is 17.9 Å². The van der Waals surface area contributed by atoms with Crippen LogP contribution < -0.4 is 16.2 Å². The number of halogens is 4. The molecule has 5 aromatic rings. The second kappa shape index (κ2) is 16.4. The maximum Gasteiger partial charge on any atom is 0.340 e. The number of aromatic nitrogens is 1. The number of ketones is 1. The number of nitrogens with two attached hydrogens (primary N) is 2. The maximum atomic E-state index is 14.1. The minimum atomic E-state index is -4.28. The van der Waals surface area contributed by atoms with Gasteiger partial charge in [0.2, 0.25) is 6.41 Å². The first-order valence-corrected chi connectivity index (χ1v) is 15.9. The molecule has 1 unspecified atom stereocenters. The van der Waals surface area contributed by atoms with E-state index in [2.05, 4.69) is 34.5 Å². The number of primary amides is 1. The molecule has 5 rings (SSSR count). The molecule has 0 saturated heterocycles. The zero-order valence-corrected chi connectivity index (χ0v) is 27.6. The second-order valence-corrected chi connectivity index (χ2v) is 11.6. The molecule has 260 valence electrons. The van der Waals surface area contributed by atoms with E-state index >= 15 is 0 Å². The van der Waals surface area contributed by atoms with Crippen LogP contribution in [0.4, 0.5) is 17.6 Å². The normalized spacial score (nSPS) is 12.6.